The van der Waals surface area contributed by atoms with E-state index in [9.17, 15) is 4.79 Å². The Labute approximate surface area is 91.2 Å². The van der Waals surface area contributed by atoms with E-state index in [2.05, 4.69) is 17.1 Å². The molecule has 2 unspecified atom stereocenters. The van der Waals surface area contributed by atoms with Crippen LogP contribution in [0.2, 0.25) is 0 Å². The molecule has 15 heavy (non-hydrogen) atoms. The van der Waals surface area contributed by atoms with Crippen molar-refractivity contribution in [1.29, 1.82) is 0 Å². The number of nitrogens with one attached hydrogen (secondary N) is 1. The molecule has 0 aromatic carbocycles. The van der Waals surface area contributed by atoms with Crippen molar-refractivity contribution in [3.05, 3.63) is 0 Å². The highest BCUT2D eigenvalue weighted by molar-refractivity contribution is 5.85. The average Bonchev–Trinajstić information content (AvgIpc) is 2.82. The summed E-state index contributed by atoms with van der Waals surface area (Å²) in [7, 11) is 0. The molecule has 3 nitrogen and oxygen atoms in total. The SMILES string of the molecule is CC1(C(=O)N2CCC3CNCC3C2)CC1. The lowest BCUT2D eigenvalue weighted by Gasteiger charge is -2.36. The Hall–Kier alpha value is -0.570. The van der Waals surface area contributed by atoms with Gasteiger partial charge in [0.05, 0.1) is 0 Å². The second kappa shape index (κ2) is 3.21. The fourth-order valence-electron chi connectivity index (χ4n) is 3.00. The molecule has 3 rings (SSSR count). The van der Waals surface area contributed by atoms with E-state index < -0.39 is 0 Å². The van der Waals surface area contributed by atoms with E-state index in [4.69, 9.17) is 0 Å². The highest BCUT2D eigenvalue weighted by atomic mass is 16.2. The highest BCUT2D eigenvalue weighted by Crippen LogP contribution is 2.47. The molecule has 1 saturated carbocycles. The van der Waals surface area contributed by atoms with Gasteiger partial charge in [0.25, 0.3) is 0 Å². The molecule has 2 saturated heterocycles. The molecule has 2 aliphatic heterocycles. The zero-order valence-electron chi connectivity index (χ0n) is 9.46. The van der Waals surface area contributed by atoms with Gasteiger partial charge in [0, 0.05) is 18.5 Å². The second-order valence-electron chi connectivity index (χ2n) is 5.78. The van der Waals surface area contributed by atoms with Gasteiger partial charge in [-0.2, -0.15) is 0 Å². The minimum absolute atomic E-state index is 0.0267. The van der Waals surface area contributed by atoms with Gasteiger partial charge in [0.2, 0.25) is 5.91 Å². The van der Waals surface area contributed by atoms with Gasteiger partial charge in [-0.15, -0.1) is 0 Å². The van der Waals surface area contributed by atoms with Gasteiger partial charge in [-0.3, -0.25) is 4.79 Å². The van der Waals surface area contributed by atoms with Gasteiger partial charge in [-0.05, 0) is 44.2 Å². The average molecular weight is 208 g/mol. The molecule has 2 heterocycles. The maximum atomic E-state index is 12.2. The summed E-state index contributed by atoms with van der Waals surface area (Å²) in [5.74, 6) is 1.99. The highest BCUT2D eigenvalue weighted by Gasteiger charge is 2.48. The maximum Gasteiger partial charge on any atom is 0.228 e. The fourth-order valence-corrected chi connectivity index (χ4v) is 3.00. The molecule has 1 aliphatic carbocycles. The number of hydrogen-bond donors (Lipinski definition) is 1. The Morgan fingerprint density at radius 2 is 2.07 bits per heavy atom. The molecule has 1 amide bonds. The summed E-state index contributed by atoms with van der Waals surface area (Å²) in [6.45, 7) is 6.41. The van der Waals surface area contributed by atoms with Crippen molar-refractivity contribution >= 4 is 5.91 Å². The predicted octanol–water partition coefficient (Wildman–Crippen LogP) is 0.854. The lowest BCUT2D eigenvalue weighted by Crippen LogP contribution is -2.45. The van der Waals surface area contributed by atoms with Crippen molar-refractivity contribution in [2.75, 3.05) is 26.2 Å². The van der Waals surface area contributed by atoms with E-state index in [1.54, 1.807) is 0 Å². The van der Waals surface area contributed by atoms with E-state index >= 15 is 0 Å². The molecule has 2 atom stereocenters. The molecular formula is C12H20N2O. The number of hydrogen-bond acceptors (Lipinski definition) is 2. The van der Waals surface area contributed by atoms with Crippen molar-refractivity contribution in [3.63, 3.8) is 0 Å². The van der Waals surface area contributed by atoms with E-state index in [0.29, 0.717) is 5.91 Å². The first-order chi connectivity index (χ1) is 7.19. The molecule has 1 N–H and O–H groups in total. The molecule has 3 aliphatic rings. The van der Waals surface area contributed by atoms with Crippen molar-refractivity contribution in [2.45, 2.75) is 26.2 Å². The van der Waals surface area contributed by atoms with Gasteiger partial charge < -0.3 is 10.2 Å². The minimum atomic E-state index is 0.0267. The number of amides is 1. The van der Waals surface area contributed by atoms with Crippen LogP contribution < -0.4 is 5.32 Å². The largest absolute Gasteiger partial charge is 0.342 e. The van der Waals surface area contributed by atoms with Crippen LogP contribution in [0.1, 0.15) is 26.2 Å². The van der Waals surface area contributed by atoms with Crippen LogP contribution in [0, 0.1) is 17.3 Å². The number of fused-ring (bicyclic) bond motifs is 1. The van der Waals surface area contributed by atoms with E-state index in [1.165, 1.54) is 13.0 Å². The zero-order valence-corrected chi connectivity index (χ0v) is 9.46. The van der Waals surface area contributed by atoms with Crippen LogP contribution in [-0.2, 0) is 4.79 Å². The quantitative estimate of drug-likeness (QED) is 0.693. The van der Waals surface area contributed by atoms with Crippen LogP contribution in [0.3, 0.4) is 0 Å². The van der Waals surface area contributed by atoms with Crippen molar-refractivity contribution < 1.29 is 4.79 Å². The Morgan fingerprint density at radius 3 is 2.80 bits per heavy atom. The molecule has 0 radical (unpaired) electrons. The van der Waals surface area contributed by atoms with Crippen LogP contribution in [0.4, 0.5) is 0 Å². The van der Waals surface area contributed by atoms with Crippen molar-refractivity contribution in [2.24, 2.45) is 17.3 Å². The number of piperidine rings is 1. The lowest BCUT2D eigenvalue weighted by molar-refractivity contribution is -0.138. The number of rotatable bonds is 1. The number of carbonyl (C=O) groups excluding carboxylic acids is 1. The monoisotopic (exact) mass is 208 g/mol. The first-order valence-electron chi connectivity index (χ1n) is 6.19. The fraction of sp³-hybridized carbons (Fsp3) is 0.917. The summed E-state index contributed by atoms with van der Waals surface area (Å²) in [5.41, 5.74) is 0.0267. The van der Waals surface area contributed by atoms with Crippen molar-refractivity contribution in [3.8, 4) is 0 Å². The van der Waals surface area contributed by atoms with E-state index in [-0.39, 0.29) is 5.41 Å². The van der Waals surface area contributed by atoms with Crippen LogP contribution in [0.5, 0.6) is 0 Å². The van der Waals surface area contributed by atoms with Crippen LogP contribution >= 0.6 is 0 Å². The topological polar surface area (TPSA) is 32.3 Å². The van der Waals surface area contributed by atoms with Gasteiger partial charge in [-0.1, -0.05) is 6.92 Å². The number of likely N-dealkylation sites (tertiary alicyclic amines) is 1. The molecule has 0 bridgehead atoms. The third kappa shape index (κ3) is 1.57. The molecule has 3 fully saturated rings. The summed E-state index contributed by atoms with van der Waals surface area (Å²) in [6, 6.07) is 0. The molecule has 0 aromatic rings. The summed E-state index contributed by atoms with van der Waals surface area (Å²) in [4.78, 5) is 14.3. The van der Waals surface area contributed by atoms with Gasteiger partial charge in [0.1, 0.15) is 0 Å². The number of carbonyl (C=O) groups is 1. The standard InChI is InChI=1S/C12H20N2O/c1-12(3-4-12)11(15)14-5-2-9-6-13-7-10(9)8-14/h9-10,13H,2-8H2,1H3. The molecule has 84 valence electrons. The van der Waals surface area contributed by atoms with E-state index in [0.717, 1.165) is 44.3 Å². The third-order valence-electron chi connectivity index (χ3n) is 4.51. The van der Waals surface area contributed by atoms with E-state index in [1.807, 2.05) is 0 Å². The summed E-state index contributed by atoms with van der Waals surface area (Å²) in [6.07, 6.45) is 3.42. The first-order valence-corrected chi connectivity index (χ1v) is 6.19. The van der Waals surface area contributed by atoms with Crippen LogP contribution in [0.15, 0.2) is 0 Å². The Morgan fingerprint density at radius 1 is 1.33 bits per heavy atom. The summed E-state index contributed by atoms with van der Waals surface area (Å²) in [5, 5.41) is 3.44. The van der Waals surface area contributed by atoms with Gasteiger partial charge in [-0.25, -0.2) is 0 Å². The van der Waals surface area contributed by atoms with Crippen LogP contribution in [-0.4, -0.2) is 37.0 Å². The number of nitrogens with zero attached hydrogens (tertiary/aromatic N) is 1. The Bertz CT molecular complexity index is 285. The Balaban J connectivity index is 1.66. The summed E-state index contributed by atoms with van der Waals surface area (Å²) >= 11 is 0. The predicted molar refractivity (Wildman–Crippen MR) is 58.4 cm³/mol. The van der Waals surface area contributed by atoms with Crippen LogP contribution in [0.25, 0.3) is 0 Å². The second-order valence-corrected chi connectivity index (χ2v) is 5.78. The normalized spacial score (nSPS) is 37.5. The third-order valence-corrected chi connectivity index (χ3v) is 4.51. The van der Waals surface area contributed by atoms with Gasteiger partial charge in [0.15, 0.2) is 0 Å². The zero-order chi connectivity index (χ0) is 10.5. The summed E-state index contributed by atoms with van der Waals surface area (Å²) < 4.78 is 0. The minimum Gasteiger partial charge on any atom is -0.342 e. The first kappa shape index (κ1) is 9.64. The molecule has 0 spiro atoms. The lowest BCUT2D eigenvalue weighted by atomic mass is 9.88. The smallest absolute Gasteiger partial charge is 0.228 e. The Kier molecular flexibility index (Phi) is 2.06. The maximum absolute atomic E-state index is 12.2. The molecular weight excluding hydrogens is 188 g/mol. The molecule has 0 aromatic heterocycles. The molecule has 3 heteroatoms. The van der Waals surface area contributed by atoms with Gasteiger partial charge >= 0.3 is 0 Å². The van der Waals surface area contributed by atoms with Crippen molar-refractivity contribution in [1.82, 2.24) is 10.2 Å².